The molecule has 1 N–H and O–H groups in total. The van der Waals surface area contributed by atoms with Gasteiger partial charge in [0.25, 0.3) is 0 Å². The summed E-state index contributed by atoms with van der Waals surface area (Å²) in [6.45, 7) is 6.55. The lowest BCUT2D eigenvalue weighted by atomic mass is 10.1. The SMILES string of the molecule is CC1CC(C)N(CCC(O)c2cccc(Cl)c2Cl)C1. The highest BCUT2D eigenvalue weighted by Gasteiger charge is 2.26. The van der Waals surface area contributed by atoms with Crippen LogP contribution in [0.1, 0.15) is 38.4 Å². The molecule has 1 aliphatic rings. The predicted molar refractivity (Wildman–Crippen MR) is 80.9 cm³/mol. The molecule has 1 aromatic rings. The molecule has 0 saturated carbocycles. The van der Waals surface area contributed by atoms with Crippen LogP contribution in [-0.4, -0.2) is 29.1 Å². The van der Waals surface area contributed by atoms with E-state index in [0.717, 1.165) is 24.6 Å². The summed E-state index contributed by atoms with van der Waals surface area (Å²) in [7, 11) is 0. The molecule has 19 heavy (non-hydrogen) atoms. The van der Waals surface area contributed by atoms with Gasteiger partial charge in [0, 0.05) is 24.7 Å². The highest BCUT2D eigenvalue weighted by Crippen LogP contribution is 2.32. The molecule has 3 unspecified atom stereocenters. The van der Waals surface area contributed by atoms with E-state index in [1.165, 1.54) is 6.42 Å². The van der Waals surface area contributed by atoms with E-state index in [2.05, 4.69) is 18.7 Å². The fraction of sp³-hybridized carbons (Fsp3) is 0.600. The van der Waals surface area contributed by atoms with Crippen molar-refractivity contribution < 1.29 is 5.11 Å². The summed E-state index contributed by atoms with van der Waals surface area (Å²) < 4.78 is 0. The number of hydrogen-bond acceptors (Lipinski definition) is 2. The van der Waals surface area contributed by atoms with E-state index < -0.39 is 6.10 Å². The van der Waals surface area contributed by atoms with Gasteiger partial charge in [0.15, 0.2) is 0 Å². The number of nitrogens with zero attached hydrogens (tertiary/aromatic N) is 1. The molecule has 106 valence electrons. The number of likely N-dealkylation sites (tertiary alicyclic amines) is 1. The Bertz CT molecular complexity index is 438. The second-order valence-electron chi connectivity index (χ2n) is 5.63. The van der Waals surface area contributed by atoms with Gasteiger partial charge in [-0.25, -0.2) is 0 Å². The lowest BCUT2D eigenvalue weighted by Crippen LogP contribution is -2.29. The van der Waals surface area contributed by atoms with Crippen LogP contribution in [0.15, 0.2) is 18.2 Å². The van der Waals surface area contributed by atoms with Crippen molar-refractivity contribution in [2.75, 3.05) is 13.1 Å². The minimum absolute atomic E-state index is 0.472. The van der Waals surface area contributed by atoms with E-state index in [-0.39, 0.29) is 0 Å². The Morgan fingerprint density at radius 1 is 1.37 bits per heavy atom. The molecule has 2 rings (SSSR count). The third-order valence-corrected chi connectivity index (χ3v) is 4.78. The van der Waals surface area contributed by atoms with Crippen molar-refractivity contribution in [3.63, 3.8) is 0 Å². The monoisotopic (exact) mass is 301 g/mol. The summed E-state index contributed by atoms with van der Waals surface area (Å²) >= 11 is 12.1. The molecule has 3 atom stereocenters. The van der Waals surface area contributed by atoms with Crippen LogP contribution in [0.25, 0.3) is 0 Å². The summed E-state index contributed by atoms with van der Waals surface area (Å²) in [5.41, 5.74) is 0.731. The highest BCUT2D eigenvalue weighted by molar-refractivity contribution is 6.42. The van der Waals surface area contributed by atoms with Crippen molar-refractivity contribution in [1.82, 2.24) is 4.90 Å². The minimum atomic E-state index is -0.547. The summed E-state index contributed by atoms with van der Waals surface area (Å²) in [6, 6.07) is 6.02. The van der Waals surface area contributed by atoms with Crippen LogP contribution < -0.4 is 0 Å². The van der Waals surface area contributed by atoms with Crippen molar-refractivity contribution in [3.05, 3.63) is 33.8 Å². The lowest BCUT2D eigenvalue weighted by molar-refractivity contribution is 0.139. The van der Waals surface area contributed by atoms with Crippen molar-refractivity contribution in [2.45, 2.75) is 38.8 Å². The van der Waals surface area contributed by atoms with Crippen LogP contribution in [0.5, 0.6) is 0 Å². The summed E-state index contributed by atoms with van der Waals surface area (Å²) in [5, 5.41) is 11.2. The first-order valence-corrected chi connectivity index (χ1v) is 7.60. The molecule has 1 heterocycles. The van der Waals surface area contributed by atoms with Gasteiger partial charge >= 0.3 is 0 Å². The Labute approximate surface area is 125 Å². The quantitative estimate of drug-likeness (QED) is 0.903. The van der Waals surface area contributed by atoms with Gasteiger partial charge in [0.2, 0.25) is 0 Å². The van der Waals surface area contributed by atoms with E-state index in [9.17, 15) is 5.11 Å². The minimum Gasteiger partial charge on any atom is -0.388 e. The zero-order valence-electron chi connectivity index (χ0n) is 11.4. The van der Waals surface area contributed by atoms with Crippen molar-refractivity contribution in [1.29, 1.82) is 0 Å². The van der Waals surface area contributed by atoms with E-state index in [1.807, 2.05) is 12.1 Å². The maximum atomic E-state index is 10.3. The fourth-order valence-corrected chi connectivity index (χ4v) is 3.35. The smallest absolute Gasteiger partial charge is 0.0817 e. The zero-order chi connectivity index (χ0) is 14.0. The van der Waals surface area contributed by atoms with E-state index in [0.29, 0.717) is 22.5 Å². The largest absolute Gasteiger partial charge is 0.388 e. The lowest BCUT2D eigenvalue weighted by Gasteiger charge is -2.23. The maximum Gasteiger partial charge on any atom is 0.0817 e. The average molecular weight is 302 g/mol. The maximum absolute atomic E-state index is 10.3. The van der Waals surface area contributed by atoms with E-state index in [4.69, 9.17) is 23.2 Å². The molecule has 0 radical (unpaired) electrons. The van der Waals surface area contributed by atoms with Crippen LogP contribution in [0.3, 0.4) is 0 Å². The molecule has 4 heteroatoms. The molecule has 0 bridgehead atoms. The second kappa shape index (κ2) is 6.45. The van der Waals surface area contributed by atoms with E-state index >= 15 is 0 Å². The Hall–Kier alpha value is -0.280. The van der Waals surface area contributed by atoms with Gasteiger partial charge in [-0.3, -0.25) is 0 Å². The third kappa shape index (κ3) is 3.63. The molecule has 2 nitrogen and oxygen atoms in total. The average Bonchev–Trinajstić information content (AvgIpc) is 2.68. The summed E-state index contributed by atoms with van der Waals surface area (Å²) in [6.07, 6.45) is 1.39. The first-order valence-electron chi connectivity index (χ1n) is 6.85. The van der Waals surface area contributed by atoms with Crippen LogP contribution in [0.2, 0.25) is 10.0 Å². The third-order valence-electron chi connectivity index (χ3n) is 3.94. The molecule has 0 aliphatic carbocycles. The van der Waals surface area contributed by atoms with Gasteiger partial charge in [0.1, 0.15) is 0 Å². The number of rotatable bonds is 4. The predicted octanol–water partition coefficient (Wildman–Crippen LogP) is 4.15. The molecular formula is C15H21Cl2NO. The highest BCUT2D eigenvalue weighted by atomic mass is 35.5. The van der Waals surface area contributed by atoms with Gasteiger partial charge < -0.3 is 10.0 Å². The molecule has 0 amide bonds. The second-order valence-corrected chi connectivity index (χ2v) is 6.42. The number of aliphatic hydroxyl groups is 1. The van der Waals surface area contributed by atoms with Crippen molar-refractivity contribution in [2.24, 2.45) is 5.92 Å². The fourth-order valence-electron chi connectivity index (χ4n) is 2.92. The number of halogens is 2. The number of benzene rings is 1. The Kier molecular flexibility index (Phi) is 5.13. The van der Waals surface area contributed by atoms with Crippen LogP contribution >= 0.6 is 23.2 Å². The Balaban J connectivity index is 1.94. The van der Waals surface area contributed by atoms with Crippen molar-refractivity contribution in [3.8, 4) is 0 Å². The Morgan fingerprint density at radius 3 is 2.74 bits per heavy atom. The van der Waals surface area contributed by atoms with Crippen LogP contribution in [0, 0.1) is 5.92 Å². The first kappa shape index (κ1) is 15.1. The molecule has 0 aromatic heterocycles. The van der Waals surface area contributed by atoms with Gasteiger partial charge in [-0.1, -0.05) is 42.3 Å². The van der Waals surface area contributed by atoms with Crippen molar-refractivity contribution >= 4 is 23.2 Å². The normalized spacial score (nSPS) is 25.7. The standard InChI is InChI=1S/C15H21Cl2NO/c1-10-8-11(2)18(9-10)7-6-14(19)12-4-3-5-13(16)15(12)17/h3-5,10-11,14,19H,6-9H2,1-2H3. The Morgan fingerprint density at radius 2 is 2.11 bits per heavy atom. The number of hydrogen-bond donors (Lipinski definition) is 1. The van der Waals surface area contributed by atoms with E-state index in [1.54, 1.807) is 6.07 Å². The summed E-state index contributed by atoms with van der Waals surface area (Å²) in [5.74, 6) is 0.752. The summed E-state index contributed by atoms with van der Waals surface area (Å²) in [4.78, 5) is 2.44. The molecule has 1 saturated heterocycles. The van der Waals surface area contributed by atoms with Gasteiger partial charge in [-0.2, -0.15) is 0 Å². The van der Waals surface area contributed by atoms with Gasteiger partial charge in [-0.15, -0.1) is 0 Å². The molecule has 1 aromatic carbocycles. The number of aliphatic hydroxyl groups excluding tert-OH is 1. The molecular weight excluding hydrogens is 281 g/mol. The first-order chi connectivity index (χ1) is 8.99. The van der Waals surface area contributed by atoms with Gasteiger partial charge in [0.05, 0.1) is 16.1 Å². The molecule has 1 aliphatic heterocycles. The zero-order valence-corrected chi connectivity index (χ0v) is 13.0. The molecule has 1 fully saturated rings. The van der Waals surface area contributed by atoms with Crippen LogP contribution in [0.4, 0.5) is 0 Å². The van der Waals surface area contributed by atoms with Gasteiger partial charge in [-0.05, 0) is 31.7 Å². The topological polar surface area (TPSA) is 23.5 Å². The molecule has 0 spiro atoms. The van der Waals surface area contributed by atoms with Crippen LogP contribution in [-0.2, 0) is 0 Å².